The van der Waals surface area contributed by atoms with E-state index in [9.17, 15) is 0 Å². The lowest BCUT2D eigenvalue weighted by Gasteiger charge is -2.10. The Morgan fingerprint density at radius 2 is 1.95 bits per heavy atom. The van der Waals surface area contributed by atoms with Gasteiger partial charge in [-0.15, -0.1) is 5.10 Å². The fraction of sp³-hybridized carbons (Fsp3) is 0.467. The van der Waals surface area contributed by atoms with Crippen molar-refractivity contribution in [2.24, 2.45) is 5.73 Å². The van der Waals surface area contributed by atoms with Gasteiger partial charge in [-0.2, -0.15) is 0 Å². The minimum atomic E-state index is 0.408. The van der Waals surface area contributed by atoms with Gasteiger partial charge in [-0.25, -0.2) is 4.68 Å². The van der Waals surface area contributed by atoms with Crippen molar-refractivity contribution in [3.63, 3.8) is 0 Å². The van der Waals surface area contributed by atoms with Gasteiger partial charge in [0, 0.05) is 13.1 Å². The lowest BCUT2D eigenvalue weighted by molar-refractivity contribution is 0.526. The van der Waals surface area contributed by atoms with E-state index in [1.54, 1.807) is 0 Å². The SMILES string of the molecule is CC(C)c1c(CN)nnn1CCCc1ccccc1. The molecule has 0 unspecified atom stereocenters. The first-order chi connectivity index (χ1) is 9.22. The monoisotopic (exact) mass is 258 g/mol. The van der Waals surface area contributed by atoms with E-state index in [1.807, 2.05) is 10.7 Å². The van der Waals surface area contributed by atoms with Crippen molar-refractivity contribution >= 4 is 0 Å². The Bertz CT molecular complexity index is 502. The summed E-state index contributed by atoms with van der Waals surface area (Å²) in [5.74, 6) is 0.408. The zero-order valence-electron chi connectivity index (χ0n) is 11.7. The van der Waals surface area contributed by atoms with Crippen LogP contribution in [0.15, 0.2) is 30.3 Å². The number of aryl methyl sites for hydroxylation is 2. The molecule has 0 bridgehead atoms. The third-order valence-electron chi connectivity index (χ3n) is 3.27. The van der Waals surface area contributed by atoms with Gasteiger partial charge in [-0.3, -0.25) is 0 Å². The van der Waals surface area contributed by atoms with E-state index in [4.69, 9.17) is 5.73 Å². The van der Waals surface area contributed by atoms with E-state index >= 15 is 0 Å². The van der Waals surface area contributed by atoms with Gasteiger partial charge in [-0.1, -0.05) is 49.4 Å². The quantitative estimate of drug-likeness (QED) is 0.866. The van der Waals surface area contributed by atoms with Crippen molar-refractivity contribution < 1.29 is 0 Å². The second kappa shape index (κ2) is 6.48. The Hall–Kier alpha value is -1.68. The van der Waals surface area contributed by atoms with Crippen molar-refractivity contribution in [1.82, 2.24) is 15.0 Å². The summed E-state index contributed by atoms with van der Waals surface area (Å²) in [5, 5.41) is 8.40. The molecule has 2 rings (SSSR count). The fourth-order valence-corrected chi connectivity index (χ4v) is 2.38. The zero-order chi connectivity index (χ0) is 13.7. The maximum Gasteiger partial charge on any atom is 0.0997 e. The normalized spacial score (nSPS) is 11.2. The molecule has 4 nitrogen and oxygen atoms in total. The zero-order valence-corrected chi connectivity index (χ0v) is 11.7. The number of nitrogens with two attached hydrogens (primary N) is 1. The van der Waals surface area contributed by atoms with Crippen LogP contribution in [0.3, 0.4) is 0 Å². The van der Waals surface area contributed by atoms with Crippen LogP contribution in [0.1, 0.15) is 43.1 Å². The molecule has 1 aromatic carbocycles. The number of hydrogen-bond acceptors (Lipinski definition) is 3. The second-order valence-corrected chi connectivity index (χ2v) is 5.09. The van der Waals surface area contributed by atoms with E-state index in [0.717, 1.165) is 25.1 Å². The average Bonchev–Trinajstić information content (AvgIpc) is 2.83. The van der Waals surface area contributed by atoms with Crippen LogP contribution >= 0.6 is 0 Å². The van der Waals surface area contributed by atoms with E-state index < -0.39 is 0 Å². The van der Waals surface area contributed by atoms with Gasteiger partial charge >= 0.3 is 0 Å². The summed E-state index contributed by atoms with van der Waals surface area (Å²) in [6.07, 6.45) is 2.13. The maximum absolute atomic E-state index is 5.71. The van der Waals surface area contributed by atoms with Gasteiger partial charge in [0.05, 0.1) is 11.4 Å². The Morgan fingerprint density at radius 3 is 2.58 bits per heavy atom. The molecule has 0 saturated heterocycles. The summed E-state index contributed by atoms with van der Waals surface area (Å²) in [7, 11) is 0. The smallest absolute Gasteiger partial charge is 0.0997 e. The summed E-state index contributed by atoms with van der Waals surface area (Å²) < 4.78 is 2.01. The molecular formula is C15H22N4. The molecule has 102 valence electrons. The highest BCUT2D eigenvalue weighted by Gasteiger charge is 2.14. The third-order valence-corrected chi connectivity index (χ3v) is 3.27. The summed E-state index contributed by atoms with van der Waals surface area (Å²) in [4.78, 5) is 0. The van der Waals surface area contributed by atoms with Gasteiger partial charge in [0.15, 0.2) is 0 Å². The van der Waals surface area contributed by atoms with Crippen LogP contribution in [0.4, 0.5) is 0 Å². The van der Waals surface area contributed by atoms with E-state index in [1.165, 1.54) is 11.3 Å². The first-order valence-corrected chi connectivity index (χ1v) is 6.88. The van der Waals surface area contributed by atoms with Gasteiger partial charge in [0.25, 0.3) is 0 Å². The lowest BCUT2D eigenvalue weighted by Crippen LogP contribution is -2.10. The Kier molecular flexibility index (Phi) is 4.68. The van der Waals surface area contributed by atoms with Crippen LogP contribution in [-0.4, -0.2) is 15.0 Å². The Labute approximate surface area is 114 Å². The van der Waals surface area contributed by atoms with Crippen molar-refractivity contribution in [3.05, 3.63) is 47.3 Å². The molecule has 2 aromatic rings. The number of benzene rings is 1. The minimum Gasteiger partial charge on any atom is -0.325 e. The molecule has 19 heavy (non-hydrogen) atoms. The predicted molar refractivity (Wildman–Crippen MR) is 76.8 cm³/mol. The third kappa shape index (κ3) is 3.41. The largest absolute Gasteiger partial charge is 0.325 e. The first-order valence-electron chi connectivity index (χ1n) is 6.88. The van der Waals surface area contributed by atoms with Crippen molar-refractivity contribution in [2.45, 2.75) is 45.7 Å². The Balaban J connectivity index is 1.98. The Morgan fingerprint density at radius 1 is 1.21 bits per heavy atom. The molecule has 0 saturated carbocycles. The fourth-order valence-electron chi connectivity index (χ4n) is 2.38. The first kappa shape index (κ1) is 13.7. The van der Waals surface area contributed by atoms with Gasteiger partial charge in [0.1, 0.15) is 0 Å². The molecule has 0 fully saturated rings. The second-order valence-electron chi connectivity index (χ2n) is 5.09. The van der Waals surface area contributed by atoms with E-state index in [0.29, 0.717) is 12.5 Å². The highest BCUT2D eigenvalue weighted by molar-refractivity contribution is 5.15. The molecule has 1 heterocycles. The molecule has 0 aliphatic carbocycles. The topological polar surface area (TPSA) is 56.7 Å². The average molecular weight is 258 g/mol. The molecule has 0 amide bonds. The number of hydrogen-bond donors (Lipinski definition) is 1. The lowest BCUT2D eigenvalue weighted by atomic mass is 10.1. The van der Waals surface area contributed by atoms with E-state index in [-0.39, 0.29) is 0 Å². The van der Waals surface area contributed by atoms with Crippen LogP contribution < -0.4 is 5.73 Å². The number of nitrogens with zero attached hydrogens (tertiary/aromatic N) is 3. The highest BCUT2D eigenvalue weighted by atomic mass is 15.4. The van der Waals surface area contributed by atoms with Gasteiger partial charge < -0.3 is 5.73 Å². The van der Waals surface area contributed by atoms with Crippen LogP contribution in [0.2, 0.25) is 0 Å². The molecular weight excluding hydrogens is 236 g/mol. The molecule has 0 spiro atoms. The van der Waals surface area contributed by atoms with Gasteiger partial charge in [0.2, 0.25) is 0 Å². The van der Waals surface area contributed by atoms with Crippen LogP contribution in [0.25, 0.3) is 0 Å². The number of aromatic nitrogens is 3. The molecule has 2 N–H and O–H groups in total. The molecule has 0 atom stereocenters. The molecule has 1 aromatic heterocycles. The van der Waals surface area contributed by atoms with Crippen molar-refractivity contribution in [3.8, 4) is 0 Å². The molecule has 4 heteroatoms. The summed E-state index contributed by atoms with van der Waals surface area (Å²) >= 11 is 0. The highest BCUT2D eigenvalue weighted by Crippen LogP contribution is 2.17. The summed E-state index contributed by atoms with van der Waals surface area (Å²) in [6, 6.07) is 10.5. The van der Waals surface area contributed by atoms with Crippen LogP contribution in [0, 0.1) is 0 Å². The molecule has 0 aliphatic rings. The predicted octanol–water partition coefficient (Wildman–Crippen LogP) is 2.49. The summed E-state index contributed by atoms with van der Waals surface area (Å²) in [6.45, 7) is 5.68. The van der Waals surface area contributed by atoms with Crippen LogP contribution in [0.5, 0.6) is 0 Å². The van der Waals surface area contributed by atoms with E-state index in [2.05, 4.69) is 48.4 Å². The summed E-state index contributed by atoms with van der Waals surface area (Å²) in [5.41, 5.74) is 9.18. The standard InChI is InChI=1S/C15H22N4/c1-12(2)15-14(11-16)17-18-19(15)10-6-9-13-7-4-3-5-8-13/h3-5,7-8,12H,6,9-11,16H2,1-2H3. The molecule has 0 radical (unpaired) electrons. The molecule has 0 aliphatic heterocycles. The van der Waals surface area contributed by atoms with Gasteiger partial charge in [-0.05, 0) is 24.3 Å². The maximum atomic E-state index is 5.71. The minimum absolute atomic E-state index is 0.408. The number of rotatable bonds is 6. The van der Waals surface area contributed by atoms with Crippen LogP contribution in [-0.2, 0) is 19.5 Å². The van der Waals surface area contributed by atoms with Crippen molar-refractivity contribution in [1.29, 1.82) is 0 Å². The van der Waals surface area contributed by atoms with Crippen molar-refractivity contribution in [2.75, 3.05) is 0 Å².